The summed E-state index contributed by atoms with van der Waals surface area (Å²) in [5, 5.41) is 27.5. The van der Waals surface area contributed by atoms with Gasteiger partial charge in [-0.25, -0.2) is 0 Å². The zero-order chi connectivity index (χ0) is 22.1. The number of nitrogens with one attached hydrogen (secondary N) is 1. The van der Waals surface area contributed by atoms with Crippen molar-refractivity contribution in [3.05, 3.63) is 63.5 Å². The first-order valence-corrected chi connectivity index (χ1v) is 10.2. The summed E-state index contributed by atoms with van der Waals surface area (Å²) < 4.78 is 16.9. The van der Waals surface area contributed by atoms with Crippen LogP contribution >= 0.6 is 15.9 Å². The first-order valence-electron chi connectivity index (χ1n) is 9.43. The molecular formula is C22H19BrN4O4. The predicted octanol–water partition coefficient (Wildman–Crippen LogP) is 4.17. The number of aromatic amines is 1. The Balaban J connectivity index is 1.93. The predicted molar refractivity (Wildman–Crippen MR) is 117 cm³/mol. The van der Waals surface area contributed by atoms with Crippen molar-refractivity contribution < 1.29 is 19.3 Å². The highest BCUT2D eigenvalue weighted by atomic mass is 79.9. The van der Waals surface area contributed by atoms with Gasteiger partial charge in [-0.05, 0) is 64.8 Å². The number of nitriles is 1. The number of rotatable bonds is 5. The number of nitrogens with two attached hydrogens (primary N) is 1. The Hall–Kier alpha value is -3.64. The summed E-state index contributed by atoms with van der Waals surface area (Å²) in [4.78, 5) is 0. The van der Waals surface area contributed by atoms with E-state index in [-0.39, 0.29) is 23.1 Å². The number of allylic oxidation sites excluding steroid dienone is 1. The largest absolute Gasteiger partial charge is 0.503 e. The van der Waals surface area contributed by atoms with Gasteiger partial charge < -0.3 is 25.1 Å². The Morgan fingerprint density at radius 3 is 2.71 bits per heavy atom. The van der Waals surface area contributed by atoms with Crippen molar-refractivity contribution in [1.82, 2.24) is 10.2 Å². The maximum absolute atomic E-state index is 10.3. The van der Waals surface area contributed by atoms with Crippen LogP contribution in [-0.2, 0) is 0 Å². The van der Waals surface area contributed by atoms with Crippen molar-refractivity contribution in [2.75, 3.05) is 13.7 Å². The Kier molecular flexibility index (Phi) is 5.48. The number of aromatic nitrogens is 2. The van der Waals surface area contributed by atoms with E-state index in [2.05, 4.69) is 32.2 Å². The molecule has 1 aromatic heterocycles. The van der Waals surface area contributed by atoms with E-state index >= 15 is 0 Å². The Morgan fingerprint density at radius 1 is 1.32 bits per heavy atom. The summed E-state index contributed by atoms with van der Waals surface area (Å²) in [6.07, 6.45) is 0. The highest BCUT2D eigenvalue weighted by molar-refractivity contribution is 9.10. The molecule has 158 valence electrons. The molecule has 0 fully saturated rings. The van der Waals surface area contributed by atoms with Crippen LogP contribution in [-0.4, -0.2) is 29.0 Å². The number of fused-ring (bicyclic) bond motifs is 1. The third kappa shape index (κ3) is 3.55. The molecular weight excluding hydrogens is 464 g/mol. The van der Waals surface area contributed by atoms with Gasteiger partial charge in [0.05, 0.1) is 35.4 Å². The molecule has 0 bridgehead atoms. The van der Waals surface area contributed by atoms with Crippen molar-refractivity contribution in [2.24, 2.45) is 5.73 Å². The van der Waals surface area contributed by atoms with Gasteiger partial charge in [0.15, 0.2) is 11.5 Å². The zero-order valence-corrected chi connectivity index (χ0v) is 18.4. The summed E-state index contributed by atoms with van der Waals surface area (Å²) in [6, 6.07) is 13.0. The average Bonchev–Trinajstić information content (AvgIpc) is 3.19. The molecule has 0 spiro atoms. The summed E-state index contributed by atoms with van der Waals surface area (Å²) in [5.74, 6) is 0.682. The lowest BCUT2D eigenvalue weighted by Crippen LogP contribution is -2.21. The SMILES string of the molecule is CCOc1cc([C@@H]2C(C#N)=C(N)Oc3n[nH]c(-c4ccc(OC)cc4)c32)cc(Br)c1O. The van der Waals surface area contributed by atoms with E-state index in [9.17, 15) is 10.4 Å². The number of hydrogen-bond donors (Lipinski definition) is 3. The number of phenolic OH excluding ortho intramolecular Hbond substituents is 1. The number of phenols is 1. The molecule has 9 heteroatoms. The van der Waals surface area contributed by atoms with Gasteiger partial charge in [0.25, 0.3) is 0 Å². The topological polar surface area (TPSA) is 126 Å². The Labute approximate surface area is 187 Å². The van der Waals surface area contributed by atoms with Gasteiger partial charge >= 0.3 is 0 Å². The molecule has 3 aromatic rings. The van der Waals surface area contributed by atoms with E-state index in [0.717, 1.165) is 11.3 Å². The van der Waals surface area contributed by atoms with Crippen LogP contribution in [0.25, 0.3) is 11.3 Å². The third-order valence-electron chi connectivity index (χ3n) is 5.00. The molecule has 4 rings (SSSR count). The number of methoxy groups -OCH3 is 1. The minimum Gasteiger partial charge on any atom is -0.503 e. The van der Waals surface area contributed by atoms with E-state index in [1.807, 2.05) is 31.2 Å². The quantitative estimate of drug-likeness (QED) is 0.497. The fraction of sp³-hybridized carbons (Fsp3) is 0.182. The van der Waals surface area contributed by atoms with Crippen LogP contribution in [0.1, 0.15) is 24.0 Å². The number of halogens is 1. The molecule has 1 atom stereocenters. The number of hydrogen-bond acceptors (Lipinski definition) is 7. The molecule has 2 aromatic carbocycles. The van der Waals surface area contributed by atoms with Crippen LogP contribution in [0.3, 0.4) is 0 Å². The van der Waals surface area contributed by atoms with Crippen molar-refractivity contribution >= 4 is 15.9 Å². The van der Waals surface area contributed by atoms with Crippen LogP contribution in [0, 0.1) is 11.3 Å². The first-order chi connectivity index (χ1) is 15.0. The molecule has 4 N–H and O–H groups in total. The van der Waals surface area contributed by atoms with E-state index in [0.29, 0.717) is 33.6 Å². The zero-order valence-electron chi connectivity index (χ0n) is 16.8. The number of H-pyrrole nitrogens is 1. The van der Waals surface area contributed by atoms with Gasteiger partial charge in [0.1, 0.15) is 17.4 Å². The standard InChI is InChI=1S/C22H19BrN4O4/c1-3-30-16-9-12(8-15(23)20(16)28)17-14(10-24)21(25)31-22-18(17)19(26-27-22)11-4-6-13(29-2)7-5-11/h4-9,17,28H,3,25H2,1-2H3,(H,26,27)/t17-/m1/s1. The fourth-order valence-corrected chi connectivity index (χ4v) is 4.04. The molecule has 2 heterocycles. The Morgan fingerprint density at radius 2 is 2.06 bits per heavy atom. The van der Waals surface area contributed by atoms with Crippen LogP contribution in [0.15, 0.2) is 52.3 Å². The lowest BCUT2D eigenvalue weighted by Gasteiger charge is -2.25. The number of benzene rings is 2. The second-order valence-corrected chi connectivity index (χ2v) is 7.61. The maximum Gasteiger partial charge on any atom is 0.244 e. The fourth-order valence-electron chi connectivity index (χ4n) is 3.58. The Bertz CT molecular complexity index is 1210. The second-order valence-electron chi connectivity index (χ2n) is 6.75. The monoisotopic (exact) mass is 482 g/mol. The van der Waals surface area contributed by atoms with Gasteiger partial charge in [-0.1, -0.05) is 0 Å². The van der Waals surface area contributed by atoms with Crippen molar-refractivity contribution in [1.29, 1.82) is 5.26 Å². The van der Waals surface area contributed by atoms with Gasteiger partial charge in [0, 0.05) is 5.56 Å². The summed E-state index contributed by atoms with van der Waals surface area (Å²) >= 11 is 3.37. The molecule has 0 aliphatic carbocycles. The normalized spacial score (nSPS) is 15.1. The third-order valence-corrected chi connectivity index (χ3v) is 5.61. The highest BCUT2D eigenvalue weighted by Crippen LogP contribution is 2.48. The molecule has 0 saturated heterocycles. The van der Waals surface area contributed by atoms with Crippen molar-refractivity contribution in [2.45, 2.75) is 12.8 Å². The molecule has 0 amide bonds. The van der Waals surface area contributed by atoms with E-state index in [1.54, 1.807) is 19.2 Å². The number of ether oxygens (including phenoxy) is 3. The number of nitrogens with zero attached hydrogens (tertiary/aromatic N) is 2. The minimum atomic E-state index is -0.583. The van der Waals surface area contributed by atoms with Gasteiger partial charge in [0.2, 0.25) is 11.8 Å². The van der Waals surface area contributed by atoms with Crippen LogP contribution < -0.4 is 19.9 Å². The van der Waals surface area contributed by atoms with Crippen LogP contribution in [0.5, 0.6) is 23.1 Å². The number of aromatic hydroxyl groups is 1. The highest BCUT2D eigenvalue weighted by Gasteiger charge is 2.36. The second kappa shape index (κ2) is 8.24. The van der Waals surface area contributed by atoms with Gasteiger partial charge in [-0.15, -0.1) is 5.10 Å². The molecule has 1 aliphatic heterocycles. The molecule has 8 nitrogen and oxygen atoms in total. The van der Waals surface area contributed by atoms with Gasteiger partial charge in [-0.2, -0.15) is 5.26 Å². The van der Waals surface area contributed by atoms with E-state index < -0.39 is 5.92 Å². The van der Waals surface area contributed by atoms with Crippen molar-refractivity contribution in [3.8, 4) is 40.5 Å². The summed E-state index contributed by atoms with van der Waals surface area (Å²) in [7, 11) is 1.60. The van der Waals surface area contributed by atoms with Crippen molar-refractivity contribution in [3.63, 3.8) is 0 Å². The van der Waals surface area contributed by atoms with Crippen LogP contribution in [0.2, 0.25) is 0 Å². The summed E-state index contributed by atoms with van der Waals surface area (Å²) in [5.41, 5.74) is 9.17. The van der Waals surface area contributed by atoms with E-state index in [1.165, 1.54) is 0 Å². The molecule has 1 aliphatic rings. The molecule has 0 unspecified atom stereocenters. The smallest absolute Gasteiger partial charge is 0.244 e. The molecule has 0 radical (unpaired) electrons. The van der Waals surface area contributed by atoms with Gasteiger partial charge in [-0.3, -0.25) is 5.10 Å². The lowest BCUT2D eigenvalue weighted by molar-refractivity contribution is 0.316. The molecule has 0 saturated carbocycles. The van der Waals surface area contributed by atoms with E-state index in [4.69, 9.17) is 19.9 Å². The molecule has 31 heavy (non-hydrogen) atoms. The first kappa shape index (κ1) is 20.6. The maximum atomic E-state index is 10.3. The average molecular weight is 483 g/mol. The van der Waals surface area contributed by atoms with Crippen LogP contribution in [0.4, 0.5) is 0 Å². The minimum absolute atomic E-state index is 0.0177. The lowest BCUT2D eigenvalue weighted by atomic mass is 9.83. The summed E-state index contributed by atoms with van der Waals surface area (Å²) in [6.45, 7) is 2.19.